The van der Waals surface area contributed by atoms with Gasteiger partial charge in [-0.1, -0.05) is 30.3 Å². The van der Waals surface area contributed by atoms with Crippen molar-refractivity contribution < 1.29 is 5.11 Å². The zero-order chi connectivity index (χ0) is 10.0. The van der Waals surface area contributed by atoms with E-state index in [0.717, 1.165) is 19.4 Å². The summed E-state index contributed by atoms with van der Waals surface area (Å²) in [5, 5.41) is 13.2. The van der Waals surface area contributed by atoms with Gasteiger partial charge >= 0.3 is 0 Å². The van der Waals surface area contributed by atoms with Crippen LogP contribution in [0.2, 0.25) is 0 Å². The van der Waals surface area contributed by atoms with Crippen molar-refractivity contribution in [3.8, 4) is 0 Å². The van der Waals surface area contributed by atoms with E-state index < -0.39 is 0 Å². The number of nitrogens with one attached hydrogen (secondary N) is 1. The number of hydrogen-bond donors (Lipinski definition) is 2. The van der Waals surface area contributed by atoms with E-state index >= 15 is 0 Å². The molecule has 2 atom stereocenters. The standard InChI is InChI=1S/C12H17NO.ClH/c1-12(11(14)7-8-13-12)9-10-5-3-2-4-6-10;/h2-6,11,13-14H,7-9H2,1H3;1H. The number of rotatable bonds is 2. The second kappa shape index (κ2) is 4.97. The highest BCUT2D eigenvalue weighted by atomic mass is 35.5. The molecule has 1 fully saturated rings. The predicted molar refractivity (Wildman–Crippen MR) is 64.4 cm³/mol. The predicted octanol–water partition coefficient (Wildman–Crippen LogP) is 1.76. The van der Waals surface area contributed by atoms with Crippen LogP contribution in [0.3, 0.4) is 0 Å². The molecule has 15 heavy (non-hydrogen) atoms. The maximum Gasteiger partial charge on any atom is 0.0734 e. The minimum absolute atomic E-state index is 0. The summed E-state index contributed by atoms with van der Waals surface area (Å²) in [5.41, 5.74) is 1.14. The fourth-order valence-electron chi connectivity index (χ4n) is 2.13. The molecule has 1 aliphatic heterocycles. The molecule has 0 bridgehead atoms. The van der Waals surface area contributed by atoms with Crippen molar-refractivity contribution in [1.82, 2.24) is 5.32 Å². The molecule has 0 aliphatic carbocycles. The van der Waals surface area contributed by atoms with Gasteiger partial charge in [0.05, 0.1) is 6.10 Å². The Morgan fingerprint density at radius 2 is 2.07 bits per heavy atom. The molecule has 2 unspecified atom stereocenters. The molecule has 84 valence electrons. The SMILES string of the molecule is CC1(Cc2ccccc2)NCCC1O.Cl. The first-order valence-electron chi connectivity index (χ1n) is 5.18. The summed E-state index contributed by atoms with van der Waals surface area (Å²) in [6, 6.07) is 10.3. The summed E-state index contributed by atoms with van der Waals surface area (Å²) < 4.78 is 0. The van der Waals surface area contributed by atoms with Crippen molar-refractivity contribution >= 4 is 12.4 Å². The molecular formula is C12H18ClNO. The summed E-state index contributed by atoms with van der Waals surface area (Å²) in [6.07, 6.45) is 1.54. The van der Waals surface area contributed by atoms with Gasteiger partial charge in [-0.15, -0.1) is 12.4 Å². The van der Waals surface area contributed by atoms with Crippen molar-refractivity contribution in [2.24, 2.45) is 0 Å². The summed E-state index contributed by atoms with van der Waals surface area (Å²) in [6.45, 7) is 3.02. The molecule has 0 aromatic heterocycles. The summed E-state index contributed by atoms with van der Waals surface area (Å²) >= 11 is 0. The fraction of sp³-hybridized carbons (Fsp3) is 0.500. The molecule has 3 heteroatoms. The van der Waals surface area contributed by atoms with Crippen LogP contribution in [-0.4, -0.2) is 23.3 Å². The maximum atomic E-state index is 9.85. The van der Waals surface area contributed by atoms with Gasteiger partial charge < -0.3 is 10.4 Å². The highest BCUT2D eigenvalue weighted by molar-refractivity contribution is 5.85. The number of benzene rings is 1. The third-order valence-electron chi connectivity index (χ3n) is 3.10. The van der Waals surface area contributed by atoms with Crippen LogP contribution in [0.15, 0.2) is 30.3 Å². The Kier molecular flexibility index (Phi) is 4.14. The van der Waals surface area contributed by atoms with Crippen LogP contribution in [0.1, 0.15) is 18.9 Å². The minimum atomic E-state index is -0.220. The van der Waals surface area contributed by atoms with E-state index in [1.54, 1.807) is 0 Å². The highest BCUT2D eigenvalue weighted by Gasteiger charge is 2.36. The molecule has 2 N–H and O–H groups in total. The Balaban J connectivity index is 0.00000112. The van der Waals surface area contributed by atoms with Gasteiger partial charge in [0, 0.05) is 5.54 Å². The number of aliphatic hydroxyl groups is 1. The Labute approximate surface area is 97.1 Å². The van der Waals surface area contributed by atoms with Gasteiger partial charge in [-0.3, -0.25) is 0 Å². The summed E-state index contributed by atoms with van der Waals surface area (Å²) in [5.74, 6) is 0. The molecule has 1 aromatic carbocycles. The van der Waals surface area contributed by atoms with Crippen LogP contribution in [0, 0.1) is 0 Å². The average molecular weight is 228 g/mol. The van der Waals surface area contributed by atoms with Crippen molar-refractivity contribution in [2.75, 3.05) is 6.54 Å². The first-order chi connectivity index (χ1) is 6.71. The molecule has 1 aliphatic rings. The van der Waals surface area contributed by atoms with Crippen LogP contribution in [0.5, 0.6) is 0 Å². The fourth-order valence-corrected chi connectivity index (χ4v) is 2.13. The van der Waals surface area contributed by atoms with Crippen molar-refractivity contribution in [3.05, 3.63) is 35.9 Å². The summed E-state index contributed by atoms with van der Waals surface area (Å²) in [7, 11) is 0. The number of halogens is 1. The van der Waals surface area contributed by atoms with Gasteiger partial charge in [0.1, 0.15) is 0 Å². The Morgan fingerprint density at radius 3 is 2.60 bits per heavy atom. The van der Waals surface area contributed by atoms with Crippen LogP contribution in [0.25, 0.3) is 0 Å². The lowest BCUT2D eigenvalue weighted by molar-refractivity contribution is 0.108. The van der Waals surface area contributed by atoms with Crippen molar-refractivity contribution in [1.29, 1.82) is 0 Å². The third-order valence-corrected chi connectivity index (χ3v) is 3.10. The molecule has 0 spiro atoms. The van der Waals surface area contributed by atoms with E-state index in [1.807, 2.05) is 18.2 Å². The third kappa shape index (κ3) is 2.71. The van der Waals surface area contributed by atoms with E-state index in [1.165, 1.54) is 5.56 Å². The molecule has 0 radical (unpaired) electrons. The molecule has 1 heterocycles. The Bertz CT molecular complexity index is 304. The zero-order valence-corrected chi connectivity index (χ0v) is 9.76. The molecule has 0 amide bonds. The normalized spacial score (nSPS) is 29.9. The van der Waals surface area contributed by atoms with Gasteiger partial charge in [-0.05, 0) is 31.9 Å². The first-order valence-corrected chi connectivity index (χ1v) is 5.18. The van der Waals surface area contributed by atoms with Crippen LogP contribution in [-0.2, 0) is 6.42 Å². The van der Waals surface area contributed by atoms with E-state index in [0.29, 0.717) is 0 Å². The summed E-state index contributed by atoms with van der Waals surface area (Å²) in [4.78, 5) is 0. The second-order valence-corrected chi connectivity index (χ2v) is 4.31. The van der Waals surface area contributed by atoms with E-state index in [-0.39, 0.29) is 24.0 Å². The molecule has 1 saturated heterocycles. The monoisotopic (exact) mass is 227 g/mol. The van der Waals surface area contributed by atoms with Gasteiger partial charge in [-0.2, -0.15) is 0 Å². The lowest BCUT2D eigenvalue weighted by Crippen LogP contribution is -2.46. The van der Waals surface area contributed by atoms with Crippen molar-refractivity contribution in [3.63, 3.8) is 0 Å². The van der Waals surface area contributed by atoms with Gasteiger partial charge in [0.15, 0.2) is 0 Å². The molecule has 0 saturated carbocycles. The van der Waals surface area contributed by atoms with Gasteiger partial charge in [0.2, 0.25) is 0 Å². The van der Waals surface area contributed by atoms with Crippen LogP contribution in [0.4, 0.5) is 0 Å². The smallest absolute Gasteiger partial charge is 0.0734 e. The largest absolute Gasteiger partial charge is 0.391 e. The highest BCUT2D eigenvalue weighted by Crippen LogP contribution is 2.23. The quantitative estimate of drug-likeness (QED) is 0.807. The molecule has 2 rings (SSSR count). The lowest BCUT2D eigenvalue weighted by atomic mass is 9.89. The van der Waals surface area contributed by atoms with Crippen LogP contribution < -0.4 is 5.32 Å². The van der Waals surface area contributed by atoms with Crippen LogP contribution >= 0.6 is 12.4 Å². The first kappa shape index (κ1) is 12.5. The topological polar surface area (TPSA) is 32.3 Å². The van der Waals surface area contributed by atoms with Crippen molar-refractivity contribution in [2.45, 2.75) is 31.4 Å². The van der Waals surface area contributed by atoms with E-state index in [2.05, 4.69) is 24.4 Å². The minimum Gasteiger partial charge on any atom is -0.391 e. The molecule has 1 aromatic rings. The second-order valence-electron chi connectivity index (χ2n) is 4.31. The number of hydrogen-bond acceptors (Lipinski definition) is 2. The number of aliphatic hydroxyl groups excluding tert-OH is 1. The van der Waals surface area contributed by atoms with E-state index in [4.69, 9.17) is 0 Å². The molecule has 2 nitrogen and oxygen atoms in total. The Hall–Kier alpha value is -0.570. The zero-order valence-electron chi connectivity index (χ0n) is 8.94. The maximum absolute atomic E-state index is 9.85. The Morgan fingerprint density at radius 1 is 1.40 bits per heavy atom. The van der Waals surface area contributed by atoms with E-state index in [9.17, 15) is 5.11 Å². The van der Waals surface area contributed by atoms with Gasteiger partial charge in [-0.25, -0.2) is 0 Å². The average Bonchev–Trinajstić information content (AvgIpc) is 2.48. The van der Waals surface area contributed by atoms with Gasteiger partial charge in [0.25, 0.3) is 0 Å². The lowest BCUT2D eigenvalue weighted by Gasteiger charge is -2.28. The molecular weight excluding hydrogens is 210 g/mol.